The number of carbonyl (C=O) groups is 2. The van der Waals surface area contributed by atoms with Crippen molar-refractivity contribution < 1.29 is 14.3 Å². The van der Waals surface area contributed by atoms with Crippen LogP contribution in [0.1, 0.15) is 46.0 Å². The average Bonchev–Trinajstić information content (AvgIpc) is 2.53. The van der Waals surface area contributed by atoms with E-state index in [4.69, 9.17) is 4.74 Å². The molecule has 0 saturated heterocycles. The van der Waals surface area contributed by atoms with Gasteiger partial charge in [0.25, 0.3) is 0 Å². The van der Waals surface area contributed by atoms with Crippen molar-refractivity contribution in [3.05, 3.63) is 24.3 Å². The van der Waals surface area contributed by atoms with Crippen LogP contribution in [-0.4, -0.2) is 24.5 Å². The molecule has 126 valence electrons. The maximum atomic E-state index is 12.0. The molecule has 1 saturated carbocycles. The molecule has 2 N–H and O–H groups in total. The van der Waals surface area contributed by atoms with Crippen molar-refractivity contribution in [1.29, 1.82) is 0 Å². The maximum absolute atomic E-state index is 12.0. The number of hydrogen-bond donors (Lipinski definition) is 2. The van der Waals surface area contributed by atoms with Crippen molar-refractivity contribution in [1.82, 2.24) is 0 Å². The third kappa shape index (κ3) is 6.02. The topological polar surface area (TPSA) is 67.4 Å². The van der Waals surface area contributed by atoms with E-state index in [2.05, 4.69) is 17.6 Å². The molecule has 23 heavy (non-hydrogen) atoms. The van der Waals surface area contributed by atoms with Gasteiger partial charge in [-0.25, -0.2) is 0 Å². The quantitative estimate of drug-likeness (QED) is 0.842. The van der Waals surface area contributed by atoms with Gasteiger partial charge in [-0.1, -0.05) is 32.8 Å². The summed E-state index contributed by atoms with van der Waals surface area (Å²) in [6.07, 6.45) is 5.11. The molecule has 0 aromatic heterocycles. The van der Waals surface area contributed by atoms with Crippen LogP contribution in [0.3, 0.4) is 0 Å². The van der Waals surface area contributed by atoms with Gasteiger partial charge >= 0.3 is 0 Å². The van der Waals surface area contributed by atoms with Crippen molar-refractivity contribution in [2.75, 3.05) is 17.2 Å². The lowest BCUT2D eigenvalue weighted by atomic mass is 9.89. The summed E-state index contributed by atoms with van der Waals surface area (Å²) in [6.45, 7) is 4.10. The summed E-state index contributed by atoms with van der Waals surface area (Å²) in [6, 6.07) is 7.13. The summed E-state index contributed by atoms with van der Waals surface area (Å²) in [5.74, 6) is 0.459. The molecule has 0 spiro atoms. The van der Waals surface area contributed by atoms with Gasteiger partial charge in [0.15, 0.2) is 0 Å². The molecule has 0 heterocycles. The molecule has 0 aliphatic heterocycles. The lowest BCUT2D eigenvalue weighted by molar-refractivity contribution is -0.123. The number of ether oxygens (including phenoxy) is 1. The van der Waals surface area contributed by atoms with E-state index in [9.17, 15) is 9.59 Å². The fourth-order valence-corrected chi connectivity index (χ4v) is 2.84. The smallest absolute Gasteiger partial charge is 0.250 e. The Bertz CT molecular complexity index is 545. The van der Waals surface area contributed by atoms with Crippen LogP contribution in [0.4, 0.5) is 11.4 Å². The molecule has 5 heteroatoms. The van der Waals surface area contributed by atoms with E-state index in [1.165, 1.54) is 12.8 Å². The van der Waals surface area contributed by atoms with Gasteiger partial charge in [-0.15, -0.1) is 0 Å². The number of nitrogens with one attached hydrogen (secondary N) is 2. The molecule has 1 fully saturated rings. The largest absolute Gasteiger partial charge is 0.368 e. The fourth-order valence-electron chi connectivity index (χ4n) is 2.84. The maximum Gasteiger partial charge on any atom is 0.250 e. The molecule has 1 aromatic carbocycles. The summed E-state index contributed by atoms with van der Waals surface area (Å²) in [7, 11) is 0. The van der Waals surface area contributed by atoms with Crippen LogP contribution in [0, 0.1) is 5.92 Å². The molecule has 0 radical (unpaired) electrons. The van der Waals surface area contributed by atoms with Crippen molar-refractivity contribution in [2.24, 2.45) is 5.92 Å². The SMILES string of the molecule is CCC(=O)Nc1cccc(NC(=O)CO[C@H]2CCC[C@H](C)C2)c1. The van der Waals surface area contributed by atoms with Crippen LogP contribution in [0.5, 0.6) is 0 Å². The van der Waals surface area contributed by atoms with E-state index in [1.54, 1.807) is 31.2 Å². The van der Waals surface area contributed by atoms with Crippen LogP contribution >= 0.6 is 0 Å². The number of hydrogen-bond acceptors (Lipinski definition) is 3. The van der Waals surface area contributed by atoms with Crippen molar-refractivity contribution in [3.63, 3.8) is 0 Å². The monoisotopic (exact) mass is 318 g/mol. The second kappa shape index (κ2) is 8.67. The second-order valence-electron chi connectivity index (χ2n) is 6.24. The third-order valence-corrected chi connectivity index (χ3v) is 4.09. The lowest BCUT2D eigenvalue weighted by Gasteiger charge is -2.26. The highest BCUT2D eigenvalue weighted by molar-refractivity contribution is 5.94. The zero-order chi connectivity index (χ0) is 16.7. The fraction of sp³-hybridized carbons (Fsp3) is 0.556. The van der Waals surface area contributed by atoms with Crippen LogP contribution in [-0.2, 0) is 14.3 Å². The molecule has 0 unspecified atom stereocenters. The molecule has 1 aromatic rings. The Labute approximate surface area is 137 Å². The zero-order valence-corrected chi connectivity index (χ0v) is 13.9. The first-order valence-corrected chi connectivity index (χ1v) is 8.38. The normalized spacial score (nSPS) is 20.8. The minimum absolute atomic E-state index is 0.0526. The predicted molar refractivity (Wildman–Crippen MR) is 91.4 cm³/mol. The summed E-state index contributed by atoms with van der Waals surface area (Å²) in [4.78, 5) is 23.4. The van der Waals surface area contributed by atoms with E-state index in [1.807, 2.05) is 0 Å². The van der Waals surface area contributed by atoms with E-state index < -0.39 is 0 Å². The van der Waals surface area contributed by atoms with Crippen LogP contribution in [0.25, 0.3) is 0 Å². The van der Waals surface area contributed by atoms with Crippen molar-refractivity contribution >= 4 is 23.2 Å². The van der Waals surface area contributed by atoms with Gasteiger partial charge in [0.2, 0.25) is 11.8 Å². The lowest BCUT2D eigenvalue weighted by Crippen LogP contribution is -2.27. The minimum Gasteiger partial charge on any atom is -0.368 e. The van der Waals surface area contributed by atoms with E-state index in [-0.39, 0.29) is 24.5 Å². The first kappa shape index (κ1) is 17.5. The molecular formula is C18H26N2O3. The van der Waals surface area contributed by atoms with Crippen molar-refractivity contribution in [3.8, 4) is 0 Å². The molecule has 2 atom stereocenters. The Morgan fingerprint density at radius 2 is 1.87 bits per heavy atom. The summed E-state index contributed by atoms with van der Waals surface area (Å²) in [5.41, 5.74) is 1.33. The van der Waals surface area contributed by atoms with Gasteiger partial charge < -0.3 is 15.4 Å². The number of anilines is 2. The highest BCUT2D eigenvalue weighted by atomic mass is 16.5. The Hall–Kier alpha value is -1.88. The van der Waals surface area contributed by atoms with Crippen LogP contribution in [0.2, 0.25) is 0 Å². The van der Waals surface area contributed by atoms with E-state index in [0.717, 1.165) is 12.8 Å². The molecule has 2 rings (SSSR count). The summed E-state index contributed by atoms with van der Waals surface area (Å²) >= 11 is 0. The average molecular weight is 318 g/mol. The first-order valence-electron chi connectivity index (χ1n) is 8.38. The third-order valence-electron chi connectivity index (χ3n) is 4.09. The Morgan fingerprint density at radius 1 is 1.17 bits per heavy atom. The van der Waals surface area contributed by atoms with Gasteiger partial charge in [0.05, 0.1) is 6.10 Å². The molecule has 5 nitrogen and oxygen atoms in total. The van der Waals surface area contributed by atoms with Crippen LogP contribution < -0.4 is 10.6 Å². The van der Waals surface area contributed by atoms with Gasteiger partial charge in [0.1, 0.15) is 6.61 Å². The highest BCUT2D eigenvalue weighted by Crippen LogP contribution is 2.25. The number of rotatable bonds is 6. The van der Waals surface area contributed by atoms with Gasteiger partial charge in [-0.05, 0) is 37.0 Å². The Balaban J connectivity index is 1.80. The number of benzene rings is 1. The first-order chi connectivity index (χ1) is 11.1. The molecule has 1 aliphatic rings. The Morgan fingerprint density at radius 3 is 2.52 bits per heavy atom. The number of amides is 2. The van der Waals surface area contributed by atoms with Crippen molar-refractivity contribution in [2.45, 2.75) is 52.1 Å². The summed E-state index contributed by atoms with van der Waals surface area (Å²) < 4.78 is 5.72. The van der Waals surface area contributed by atoms with Gasteiger partial charge in [-0.3, -0.25) is 9.59 Å². The number of carbonyl (C=O) groups excluding carboxylic acids is 2. The molecule has 1 aliphatic carbocycles. The standard InChI is InChI=1S/C18H26N2O3/c1-3-17(21)19-14-7-5-8-15(11-14)20-18(22)12-23-16-9-4-6-13(2)10-16/h5,7-8,11,13,16H,3-4,6,9-10,12H2,1-2H3,(H,19,21)(H,20,22)/t13-,16-/m0/s1. The second-order valence-corrected chi connectivity index (χ2v) is 6.24. The minimum atomic E-state index is -0.165. The molecule has 0 bridgehead atoms. The summed E-state index contributed by atoms with van der Waals surface area (Å²) in [5, 5.41) is 5.58. The van der Waals surface area contributed by atoms with Crippen LogP contribution in [0.15, 0.2) is 24.3 Å². The van der Waals surface area contributed by atoms with Gasteiger partial charge in [-0.2, -0.15) is 0 Å². The molecule has 2 amide bonds. The van der Waals surface area contributed by atoms with E-state index >= 15 is 0 Å². The zero-order valence-electron chi connectivity index (χ0n) is 13.9. The van der Waals surface area contributed by atoms with E-state index in [0.29, 0.717) is 23.7 Å². The molecular weight excluding hydrogens is 292 g/mol. The predicted octanol–water partition coefficient (Wildman–Crippen LogP) is 3.57. The Kier molecular flexibility index (Phi) is 6.59. The highest BCUT2D eigenvalue weighted by Gasteiger charge is 2.20. The van der Waals surface area contributed by atoms with Gasteiger partial charge in [0, 0.05) is 17.8 Å².